The second kappa shape index (κ2) is 27.5. The van der Waals surface area contributed by atoms with Crippen LogP contribution in [0.15, 0.2) is 34.1 Å². The summed E-state index contributed by atoms with van der Waals surface area (Å²) in [5, 5.41) is -2.51. The maximum absolute atomic E-state index is 13.6. The average Bonchev–Trinajstić information content (AvgIpc) is 3.18. The molecule has 2 aromatic carbocycles. The minimum absolute atomic E-state index is 0.337. The fourth-order valence-electron chi connectivity index (χ4n) is 8.72. The Bertz CT molecular complexity index is 1870. The maximum atomic E-state index is 13.6. The van der Waals surface area contributed by atoms with Crippen LogP contribution >= 0.6 is 11.8 Å². The van der Waals surface area contributed by atoms with Crippen LogP contribution in [0.2, 0.25) is 0 Å². The summed E-state index contributed by atoms with van der Waals surface area (Å²) in [5.41, 5.74) is 2.21. The Kier molecular flexibility index (Phi) is 24.8. The van der Waals surface area contributed by atoms with Gasteiger partial charge in [0.1, 0.15) is 11.5 Å². The first-order chi connectivity index (χ1) is 30.3. The van der Waals surface area contributed by atoms with Crippen LogP contribution in [0.4, 0.5) is 0 Å². The first-order valence-corrected chi connectivity index (χ1v) is 28.4. The molecule has 13 heteroatoms. The van der Waals surface area contributed by atoms with Gasteiger partial charge in [-0.2, -0.15) is 16.8 Å². The Morgan fingerprint density at radius 2 is 0.846 bits per heavy atom. The minimum atomic E-state index is -4.52. The topological polar surface area (TPSA) is 161 Å². The number of ether oxygens (including phenoxy) is 2. The minimum Gasteiger partial charge on any atom is -0.426 e. The van der Waals surface area contributed by atoms with E-state index in [0.29, 0.717) is 37.2 Å². The van der Waals surface area contributed by atoms with Crippen molar-refractivity contribution in [2.24, 2.45) is 11.8 Å². The van der Waals surface area contributed by atoms with Gasteiger partial charge in [-0.3, -0.25) is 18.7 Å². The highest BCUT2D eigenvalue weighted by molar-refractivity contribution is 7.99. The normalized spacial score (nSPS) is 14.5. The zero-order valence-electron chi connectivity index (χ0n) is 42.1. The molecule has 2 N–H and O–H groups in total. The van der Waals surface area contributed by atoms with Crippen LogP contribution in [0, 0.1) is 25.7 Å². The third kappa shape index (κ3) is 20.4. The van der Waals surface area contributed by atoms with Gasteiger partial charge in [0.15, 0.2) is 0 Å². The first kappa shape index (κ1) is 58.7. The highest BCUT2D eigenvalue weighted by Gasteiger charge is 2.36. The third-order valence-electron chi connectivity index (χ3n) is 12.8. The summed E-state index contributed by atoms with van der Waals surface area (Å²) in [6.07, 6.45) is 16.6. The smallest absolute Gasteiger partial charge is 0.312 e. The van der Waals surface area contributed by atoms with Crippen molar-refractivity contribution in [3.63, 3.8) is 0 Å². The number of carbonyl (C=O) groups excluding carboxylic acids is 2. The molecule has 4 atom stereocenters. The number of hydrogen-bond acceptors (Lipinski definition) is 9. The monoisotopic (exact) mass is 967 g/mol. The Morgan fingerprint density at radius 1 is 0.538 bits per heavy atom. The highest BCUT2D eigenvalue weighted by Crippen LogP contribution is 2.44. The molecule has 0 aliphatic heterocycles. The van der Waals surface area contributed by atoms with Crippen molar-refractivity contribution in [1.29, 1.82) is 0 Å². The van der Waals surface area contributed by atoms with Crippen LogP contribution in [0.25, 0.3) is 0 Å². The van der Waals surface area contributed by atoms with E-state index in [4.69, 9.17) is 9.47 Å². The zero-order chi connectivity index (χ0) is 49.2. The molecule has 0 aromatic heterocycles. The zero-order valence-corrected chi connectivity index (χ0v) is 44.6. The summed E-state index contributed by atoms with van der Waals surface area (Å²) in [5.74, 6) is -1.51. The van der Waals surface area contributed by atoms with Crippen molar-refractivity contribution >= 4 is 43.9 Å². The third-order valence-corrected chi connectivity index (χ3v) is 16.7. The highest BCUT2D eigenvalue weighted by atomic mass is 32.2. The molecule has 0 aliphatic rings. The van der Waals surface area contributed by atoms with Gasteiger partial charge in [0.2, 0.25) is 0 Å². The lowest BCUT2D eigenvalue weighted by atomic mass is 9.85. The van der Waals surface area contributed by atoms with Crippen LogP contribution in [-0.2, 0) is 40.7 Å². The van der Waals surface area contributed by atoms with E-state index in [1.807, 2.05) is 81.4 Å². The van der Waals surface area contributed by atoms with Gasteiger partial charge in [-0.05, 0) is 84.7 Å². The van der Waals surface area contributed by atoms with Crippen molar-refractivity contribution in [2.75, 3.05) is 0 Å². The summed E-state index contributed by atoms with van der Waals surface area (Å²) in [7, 11) is -9.05. The number of rotatable bonds is 30. The van der Waals surface area contributed by atoms with Gasteiger partial charge in [0, 0.05) is 20.9 Å². The molecule has 0 spiro atoms. The number of esters is 2. The molecular weight excluding hydrogens is 881 g/mol. The Balaban J connectivity index is 2.36. The lowest BCUT2D eigenvalue weighted by Gasteiger charge is -2.27. The molecule has 0 saturated heterocycles. The first-order valence-electron chi connectivity index (χ1n) is 24.6. The van der Waals surface area contributed by atoms with Crippen molar-refractivity contribution in [3.05, 3.63) is 46.5 Å². The van der Waals surface area contributed by atoms with Crippen molar-refractivity contribution in [3.8, 4) is 11.5 Å². The second-order valence-electron chi connectivity index (χ2n) is 20.4. The fraction of sp³-hybridized carbons (Fsp3) is 0.731. The Morgan fingerprint density at radius 3 is 1.12 bits per heavy atom. The van der Waals surface area contributed by atoms with E-state index in [1.54, 1.807) is 12.1 Å². The molecule has 0 amide bonds. The molecule has 0 saturated carbocycles. The largest absolute Gasteiger partial charge is 0.426 e. The SMILES string of the molecule is CCCCCCCCCC(CC)C(CC(=O)Oc1cc(C)c(Sc2cc(C(C)(C)C)c(OC(=O)CC(C(CC)CCCCCCCCC)S(=O)(=O)O)cc2C)cc1C(C)(C)C)S(=O)(=O)O. The summed E-state index contributed by atoms with van der Waals surface area (Å²) in [4.78, 5) is 29.0. The molecule has 0 radical (unpaired) electrons. The van der Waals surface area contributed by atoms with Gasteiger partial charge in [0.25, 0.3) is 20.2 Å². The molecule has 0 fully saturated rings. The van der Waals surface area contributed by atoms with Gasteiger partial charge < -0.3 is 9.47 Å². The predicted molar refractivity (Wildman–Crippen MR) is 268 cm³/mol. The van der Waals surface area contributed by atoms with Gasteiger partial charge in [-0.25, -0.2) is 0 Å². The van der Waals surface area contributed by atoms with E-state index in [2.05, 4.69) is 13.8 Å². The number of benzene rings is 2. The fourth-order valence-corrected chi connectivity index (χ4v) is 12.1. The van der Waals surface area contributed by atoms with Crippen molar-refractivity contribution in [1.82, 2.24) is 0 Å². The van der Waals surface area contributed by atoms with E-state index < -0.39 is 66.3 Å². The molecule has 0 bridgehead atoms. The second-order valence-corrected chi connectivity index (χ2v) is 24.8. The van der Waals surface area contributed by atoms with E-state index >= 15 is 0 Å². The van der Waals surface area contributed by atoms with Gasteiger partial charge in [0.05, 0.1) is 23.3 Å². The standard InChI is InChI=1S/C52H86O10S3/c1-13-17-19-21-23-25-27-29-39(15-3)47(64(55,56)57)35-49(53)61-43-31-37(5)45(33-41(43)51(7,8)9)63-46-34-42(52(10,11)12)44(32-38(46)6)62-50(54)36-48(65(58,59)60)40(16-4)30-28-26-24-22-20-18-14-2/h31-34,39-40,47-48H,13-30,35-36H2,1-12H3,(H,55,56,57)(H,58,59,60). The summed E-state index contributed by atoms with van der Waals surface area (Å²) in [6, 6.07) is 7.60. The number of aryl methyl sites for hydroxylation is 2. The van der Waals surface area contributed by atoms with Crippen molar-refractivity contribution < 1.29 is 45.0 Å². The van der Waals surface area contributed by atoms with E-state index in [-0.39, 0.29) is 11.8 Å². The Hall–Kier alpha value is -2.45. The molecule has 4 unspecified atom stereocenters. The number of hydrogen-bond donors (Lipinski definition) is 2. The van der Waals surface area contributed by atoms with Gasteiger partial charge >= 0.3 is 11.9 Å². The number of carbonyl (C=O) groups is 2. The van der Waals surface area contributed by atoms with Crippen LogP contribution in [0.1, 0.15) is 220 Å². The molecule has 2 rings (SSSR count). The molecule has 65 heavy (non-hydrogen) atoms. The van der Waals surface area contributed by atoms with E-state index in [0.717, 1.165) is 83.4 Å². The van der Waals surface area contributed by atoms with E-state index in [9.17, 15) is 35.5 Å². The van der Waals surface area contributed by atoms with Gasteiger partial charge in [-0.15, -0.1) is 0 Å². The lowest BCUT2D eigenvalue weighted by Crippen LogP contribution is -2.33. The molecule has 2 aromatic rings. The van der Waals surface area contributed by atoms with Crippen LogP contribution in [-0.4, -0.2) is 48.4 Å². The molecule has 0 heterocycles. The molecular formula is C52H86O10S3. The van der Waals surface area contributed by atoms with Crippen LogP contribution < -0.4 is 9.47 Å². The molecule has 372 valence electrons. The lowest BCUT2D eigenvalue weighted by molar-refractivity contribution is -0.135. The molecule has 10 nitrogen and oxygen atoms in total. The van der Waals surface area contributed by atoms with Crippen molar-refractivity contribution in [2.45, 2.75) is 243 Å². The molecule has 0 aliphatic carbocycles. The van der Waals surface area contributed by atoms with E-state index in [1.165, 1.54) is 50.3 Å². The maximum Gasteiger partial charge on any atom is 0.312 e. The van der Waals surface area contributed by atoms with Crippen LogP contribution in [0.3, 0.4) is 0 Å². The predicted octanol–water partition coefficient (Wildman–Crippen LogP) is 14.5. The number of unbranched alkanes of at least 4 members (excludes halogenated alkanes) is 12. The quantitative estimate of drug-likeness (QED) is 0.0332. The van der Waals surface area contributed by atoms with Crippen LogP contribution in [0.5, 0.6) is 11.5 Å². The summed E-state index contributed by atoms with van der Waals surface area (Å²) in [6.45, 7) is 24.0. The summed E-state index contributed by atoms with van der Waals surface area (Å²) < 4.78 is 83.3. The average molecular weight is 967 g/mol. The van der Waals surface area contributed by atoms with Gasteiger partial charge in [-0.1, -0.05) is 184 Å². The Labute approximate surface area is 399 Å². The summed E-state index contributed by atoms with van der Waals surface area (Å²) >= 11 is 1.52.